The minimum Gasteiger partial charge on any atom is -0.352 e. The molecule has 0 atom stereocenters. The van der Waals surface area contributed by atoms with Gasteiger partial charge >= 0.3 is 0 Å². The van der Waals surface area contributed by atoms with E-state index in [9.17, 15) is 4.79 Å². The monoisotopic (exact) mass is 331 g/mol. The van der Waals surface area contributed by atoms with E-state index in [4.69, 9.17) is 0 Å². The lowest BCUT2D eigenvalue weighted by Crippen LogP contribution is -2.16. The van der Waals surface area contributed by atoms with Gasteiger partial charge in [-0.2, -0.15) is 0 Å². The fraction of sp³-hybridized carbons (Fsp3) is 0.143. The van der Waals surface area contributed by atoms with Crippen LogP contribution in [0.25, 0.3) is 6.08 Å². The lowest BCUT2D eigenvalue weighted by molar-refractivity contribution is 0.102. The molecular formula is C21H21N3O. The molecule has 1 aromatic heterocycles. The molecule has 0 aliphatic heterocycles. The molecule has 4 nitrogen and oxygen atoms in total. The molecule has 2 aromatic carbocycles. The summed E-state index contributed by atoms with van der Waals surface area (Å²) in [6.07, 6.45) is 1.86. The van der Waals surface area contributed by atoms with Crippen LogP contribution in [-0.4, -0.2) is 15.3 Å². The van der Waals surface area contributed by atoms with Crippen molar-refractivity contribution in [3.63, 3.8) is 0 Å². The highest BCUT2D eigenvalue weighted by Crippen LogP contribution is 2.18. The molecule has 0 aliphatic rings. The average Bonchev–Trinajstić information content (AvgIpc) is 2.90. The molecule has 0 radical (unpaired) electrons. The largest absolute Gasteiger partial charge is 0.352 e. The number of imidazole rings is 1. The van der Waals surface area contributed by atoms with Crippen molar-refractivity contribution in [3.05, 3.63) is 89.1 Å². The maximum atomic E-state index is 13.1. The standard InChI is InChI=1S/C21H21N3O/c1-15-16(2)24(3)21(22-15)20(25)19(14-17-10-6-4-7-11-17)23-18-12-8-5-9-13-18/h4-14,23H,1-3H3/b19-14-. The number of anilines is 1. The topological polar surface area (TPSA) is 46.9 Å². The fourth-order valence-electron chi connectivity index (χ4n) is 2.59. The van der Waals surface area contributed by atoms with Crippen LogP contribution in [0.2, 0.25) is 0 Å². The minimum absolute atomic E-state index is 0.133. The first-order valence-corrected chi connectivity index (χ1v) is 8.19. The number of aromatic nitrogens is 2. The van der Waals surface area contributed by atoms with Crippen molar-refractivity contribution in [2.24, 2.45) is 7.05 Å². The number of nitrogens with zero attached hydrogens (tertiary/aromatic N) is 2. The number of carbonyl (C=O) groups excluding carboxylic acids is 1. The third kappa shape index (κ3) is 3.69. The van der Waals surface area contributed by atoms with Gasteiger partial charge in [-0.3, -0.25) is 4.79 Å². The lowest BCUT2D eigenvalue weighted by atomic mass is 10.1. The molecule has 0 saturated heterocycles. The predicted molar refractivity (Wildman–Crippen MR) is 101 cm³/mol. The van der Waals surface area contributed by atoms with E-state index in [1.54, 1.807) is 0 Å². The molecule has 126 valence electrons. The smallest absolute Gasteiger partial charge is 0.244 e. The number of para-hydroxylation sites is 1. The van der Waals surface area contributed by atoms with Gasteiger partial charge in [-0.15, -0.1) is 0 Å². The average molecular weight is 331 g/mol. The quantitative estimate of drug-likeness (QED) is 0.558. The van der Waals surface area contributed by atoms with Gasteiger partial charge in [0, 0.05) is 18.4 Å². The van der Waals surface area contributed by atoms with E-state index in [1.165, 1.54) is 0 Å². The first kappa shape index (κ1) is 16.7. The van der Waals surface area contributed by atoms with Crippen LogP contribution in [-0.2, 0) is 7.05 Å². The number of aryl methyl sites for hydroxylation is 1. The number of rotatable bonds is 5. The molecule has 0 unspecified atom stereocenters. The summed E-state index contributed by atoms with van der Waals surface area (Å²) < 4.78 is 1.84. The second-order valence-electron chi connectivity index (χ2n) is 5.95. The molecule has 3 aromatic rings. The summed E-state index contributed by atoms with van der Waals surface area (Å²) in [6, 6.07) is 19.5. The highest BCUT2D eigenvalue weighted by Gasteiger charge is 2.20. The number of Topliss-reactive ketones (excluding diaryl/α,β-unsaturated/α-hetero) is 1. The Hall–Kier alpha value is -3.14. The third-order valence-corrected chi connectivity index (χ3v) is 4.23. The number of carbonyl (C=O) groups is 1. The van der Waals surface area contributed by atoms with E-state index < -0.39 is 0 Å². The van der Waals surface area contributed by atoms with Gasteiger partial charge in [0.2, 0.25) is 5.78 Å². The number of hydrogen-bond donors (Lipinski definition) is 1. The maximum absolute atomic E-state index is 13.1. The van der Waals surface area contributed by atoms with E-state index >= 15 is 0 Å². The zero-order valence-corrected chi connectivity index (χ0v) is 14.7. The van der Waals surface area contributed by atoms with Crippen LogP contribution in [0.5, 0.6) is 0 Å². The number of allylic oxidation sites excluding steroid dienone is 1. The molecule has 1 N–H and O–H groups in total. The zero-order valence-electron chi connectivity index (χ0n) is 14.7. The Morgan fingerprint density at radius 2 is 1.60 bits per heavy atom. The maximum Gasteiger partial charge on any atom is 0.244 e. The van der Waals surface area contributed by atoms with Crippen LogP contribution in [0.3, 0.4) is 0 Å². The van der Waals surface area contributed by atoms with Crippen molar-refractivity contribution < 1.29 is 4.79 Å². The Morgan fingerprint density at radius 1 is 1.00 bits per heavy atom. The van der Waals surface area contributed by atoms with Gasteiger partial charge in [0.05, 0.1) is 11.4 Å². The summed E-state index contributed by atoms with van der Waals surface area (Å²) in [6.45, 7) is 3.88. The fourth-order valence-corrected chi connectivity index (χ4v) is 2.59. The zero-order chi connectivity index (χ0) is 17.8. The van der Waals surface area contributed by atoms with E-state index in [2.05, 4.69) is 10.3 Å². The van der Waals surface area contributed by atoms with Crippen LogP contribution in [0, 0.1) is 13.8 Å². The Bertz CT molecular complexity index is 909. The van der Waals surface area contributed by atoms with Crippen LogP contribution >= 0.6 is 0 Å². The summed E-state index contributed by atoms with van der Waals surface area (Å²) in [5.74, 6) is 0.298. The van der Waals surface area contributed by atoms with E-state index in [0.29, 0.717) is 11.5 Å². The van der Waals surface area contributed by atoms with Crippen LogP contribution in [0.1, 0.15) is 27.6 Å². The molecular weight excluding hydrogens is 310 g/mol. The number of nitrogens with one attached hydrogen (secondary N) is 1. The van der Waals surface area contributed by atoms with Crippen molar-refractivity contribution in [2.75, 3.05) is 5.32 Å². The highest BCUT2D eigenvalue weighted by molar-refractivity contribution is 6.11. The van der Waals surface area contributed by atoms with Crippen molar-refractivity contribution in [1.29, 1.82) is 0 Å². The van der Waals surface area contributed by atoms with E-state index in [0.717, 1.165) is 22.6 Å². The van der Waals surface area contributed by atoms with Gasteiger partial charge < -0.3 is 9.88 Å². The lowest BCUT2D eigenvalue weighted by Gasteiger charge is -2.11. The van der Waals surface area contributed by atoms with Crippen molar-refractivity contribution >= 4 is 17.5 Å². The number of hydrogen-bond acceptors (Lipinski definition) is 3. The van der Waals surface area contributed by atoms with Gasteiger partial charge in [0.25, 0.3) is 0 Å². The second kappa shape index (κ2) is 7.18. The molecule has 0 spiro atoms. The normalized spacial score (nSPS) is 11.4. The minimum atomic E-state index is -0.133. The second-order valence-corrected chi connectivity index (χ2v) is 5.95. The summed E-state index contributed by atoms with van der Waals surface area (Å²) in [5, 5.41) is 3.24. The number of benzene rings is 2. The van der Waals surface area contributed by atoms with Gasteiger partial charge in [-0.25, -0.2) is 4.98 Å². The molecule has 4 heteroatoms. The SMILES string of the molecule is Cc1nc(C(=O)/C(=C/c2ccccc2)Nc2ccccc2)n(C)c1C. The van der Waals surface area contributed by atoms with Gasteiger partial charge in [0.15, 0.2) is 5.82 Å². The highest BCUT2D eigenvalue weighted by atomic mass is 16.1. The Morgan fingerprint density at radius 3 is 2.16 bits per heavy atom. The molecule has 25 heavy (non-hydrogen) atoms. The van der Waals surface area contributed by atoms with Gasteiger partial charge in [-0.1, -0.05) is 48.5 Å². The van der Waals surface area contributed by atoms with Crippen molar-refractivity contribution in [3.8, 4) is 0 Å². The van der Waals surface area contributed by atoms with E-state index in [-0.39, 0.29) is 5.78 Å². The van der Waals surface area contributed by atoms with E-state index in [1.807, 2.05) is 92.2 Å². The molecule has 3 rings (SSSR count). The van der Waals surface area contributed by atoms with Crippen LogP contribution < -0.4 is 5.32 Å². The first-order valence-electron chi connectivity index (χ1n) is 8.19. The Labute approximate surface area is 147 Å². The first-order chi connectivity index (χ1) is 12.1. The summed E-state index contributed by atoms with van der Waals surface area (Å²) >= 11 is 0. The molecule has 0 bridgehead atoms. The Kier molecular flexibility index (Phi) is 4.80. The molecule has 0 fully saturated rings. The summed E-state index contributed by atoms with van der Waals surface area (Å²) in [7, 11) is 1.87. The predicted octanol–water partition coefficient (Wildman–Crippen LogP) is 4.37. The third-order valence-electron chi connectivity index (χ3n) is 4.23. The summed E-state index contributed by atoms with van der Waals surface area (Å²) in [5.41, 5.74) is 4.16. The van der Waals surface area contributed by atoms with Gasteiger partial charge in [-0.05, 0) is 37.6 Å². The van der Waals surface area contributed by atoms with Crippen LogP contribution in [0.15, 0.2) is 66.4 Å². The van der Waals surface area contributed by atoms with Crippen LogP contribution in [0.4, 0.5) is 5.69 Å². The number of ketones is 1. The summed E-state index contributed by atoms with van der Waals surface area (Å²) in [4.78, 5) is 17.6. The van der Waals surface area contributed by atoms with Gasteiger partial charge in [0.1, 0.15) is 0 Å². The Balaban J connectivity index is 2.02. The molecule has 1 heterocycles. The van der Waals surface area contributed by atoms with Crippen molar-refractivity contribution in [1.82, 2.24) is 9.55 Å². The van der Waals surface area contributed by atoms with Crippen molar-refractivity contribution in [2.45, 2.75) is 13.8 Å². The molecule has 0 amide bonds. The molecule has 0 saturated carbocycles. The molecule has 0 aliphatic carbocycles.